The minimum atomic E-state index is 0.370. The third-order valence-corrected chi connectivity index (χ3v) is 4.17. The van der Waals surface area contributed by atoms with Crippen molar-refractivity contribution in [3.8, 4) is 5.75 Å². The zero-order chi connectivity index (χ0) is 14.4. The Morgan fingerprint density at radius 2 is 2.05 bits per heavy atom. The second kappa shape index (κ2) is 7.65. The Labute approximate surface area is 123 Å². The molecule has 1 fully saturated rings. The number of hydrogen-bond acceptors (Lipinski definition) is 3. The number of nitrogens with zero attached hydrogens (tertiary/aromatic N) is 1. The van der Waals surface area contributed by atoms with Gasteiger partial charge in [-0.2, -0.15) is 0 Å². The monoisotopic (exact) mass is 276 g/mol. The first-order chi connectivity index (χ1) is 9.72. The molecule has 3 heteroatoms. The molecule has 0 bridgehead atoms. The summed E-state index contributed by atoms with van der Waals surface area (Å²) < 4.78 is 0. The molecule has 0 aromatic heterocycles. The topological polar surface area (TPSA) is 35.5 Å². The molecule has 2 N–H and O–H groups in total. The number of piperazine rings is 1. The summed E-state index contributed by atoms with van der Waals surface area (Å²) >= 11 is 0. The molecule has 112 valence electrons. The van der Waals surface area contributed by atoms with E-state index in [0.717, 1.165) is 19.6 Å². The summed E-state index contributed by atoms with van der Waals surface area (Å²) in [6.45, 7) is 7.66. The molecule has 0 aliphatic carbocycles. The Kier molecular flexibility index (Phi) is 5.86. The maximum atomic E-state index is 9.62. The maximum absolute atomic E-state index is 9.62. The number of phenols is 1. The van der Waals surface area contributed by atoms with Gasteiger partial charge in [0.1, 0.15) is 5.75 Å². The van der Waals surface area contributed by atoms with Crippen molar-refractivity contribution < 1.29 is 5.11 Å². The summed E-state index contributed by atoms with van der Waals surface area (Å²) in [5, 5.41) is 13.3. The van der Waals surface area contributed by atoms with Gasteiger partial charge in [-0.15, -0.1) is 0 Å². The van der Waals surface area contributed by atoms with Crippen molar-refractivity contribution >= 4 is 0 Å². The van der Waals surface area contributed by atoms with Crippen molar-refractivity contribution in [3.63, 3.8) is 0 Å². The van der Waals surface area contributed by atoms with E-state index in [1.807, 2.05) is 12.1 Å². The van der Waals surface area contributed by atoms with Crippen molar-refractivity contribution in [3.05, 3.63) is 29.8 Å². The minimum absolute atomic E-state index is 0.370. The van der Waals surface area contributed by atoms with E-state index < -0.39 is 0 Å². The number of rotatable bonds is 6. The van der Waals surface area contributed by atoms with Gasteiger partial charge in [-0.25, -0.2) is 0 Å². The summed E-state index contributed by atoms with van der Waals surface area (Å²) in [7, 11) is 0. The van der Waals surface area contributed by atoms with E-state index in [4.69, 9.17) is 0 Å². The van der Waals surface area contributed by atoms with E-state index in [9.17, 15) is 5.11 Å². The first-order valence-electron chi connectivity index (χ1n) is 7.98. The second-order valence-electron chi connectivity index (χ2n) is 5.94. The molecule has 1 aromatic rings. The van der Waals surface area contributed by atoms with Crippen LogP contribution >= 0.6 is 0 Å². The first kappa shape index (κ1) is 15.3. The number of hydrogen-bond donors (Lipinski definition) is 2. The van der Waals surface area contributed by atoms with Crippen molar-refractivity contribution in [2.75, 3.05) is 13.1 Å². The van der Waals surface area contributed by atoms with Gasteiger partial charge in [-0.3, -0.25) is 4.90 Å². The molecule has 1 aliphatic heterocycles. The number of nitrogens with one attached hydrogen (secondary N) is 1. The van der Waals surface area contributed by atoms with Crippen LogP contribution in [0.15, 0.2) is 24.3 Å². The number of benzene rings is 1. The Balaban J connectivity index is 2.02. The van der Waals surface area contributed by atoms with Gasteiger partial charge in [0.25, 0.3) is 0 Å². The summed E-state index contributed by atoms with van der Waals surface area (Å²) in [4.78, 5) is 2.59. The predicted molar refractivity (Wildman–Crippen MR) is 83.9 cm³/mol. The van der Waals surface area contributed by atoms with Crippen LogP contribution in [0.5, 0.6) is 5.75 Å². The third kappa shape index (κ3) is 4.22. The van der Waals surface area contributed by atoms with Gasteiger partial charge in [0.05, 0.1) is 0 Å². The third-order valence-electron chi connectivity index (χ3n) is 4.17. The standard InChI is InChI=1S/C17H28N2O/c1-3-6-15-13-19(16(7-4-2)11-18-15)12-14-8-5-9-17(20)10-14/h5,8-10,15-16,18,20H,3-4,6-7,11-13H2,1-2H3. The van der Waals surface area contributed by atoms with Gasteiger partial charge in [-0.05, 0) is 30.5 Å². The minimum Gasteiger partial charge on any atom is -0.508 e. The lowest BCUT2D eigenvalue weighted by atomic mass is 10.0. The Morgan fingerprint density at radius 3 is 2.75 bits per heavy atom. The normalized spacial score (nSPS) is 23.9. The lowest BCUT2D eigenvalue weighted by Crippen LogP contribution is -2.55. The van der Waals surface area contributed by atoms with Crippen LogP contribution < -0.4 is 5.32 Å². The van der Waals surface area contributed by atoms with Crippen molar-refractivity contribution in [1.29, 1.82) is 0 Å². The van der Waals surface area contributed by atoms with E-state index in [0.29, 0.717) is 17.8 Å². The van der Waals surface area contributed by atoms with Crippen LogP contribution in [0, 0.1) is 0 Å². The smallest absolute Gasteiger partial charge is 0.115 e. The lowest BCUT2D eigenvalue weighted by Gasteiger charge is -2.40. The SMILES string of the molecule is CCCC1CN(Cc2cccc(O)c2)C(CCC)CN1. The summed E-state index contributed by atoms with van der Waals surface area (Å²) in [6, 6.07) is 8.91. The quantitative estimate of drug-likeness (QED) is 0.838. The zero-order valence-corrected chi connectivity index (χ0v) is 12.8. The van der Waals surface area contributed by atoms with Crippen LogP contribution in [0.25, 0.3) is 0 Å². The van der Waals surface area contributed by atoms with Crippen molar-refractivity contribution in [2.45, 2.75) is 58.2 Å². The molecule has 2 unspecified atom stereocenters. The maximum Gasteiger partial charge on any atom is 0.115 e. The van der Waals surface area contributed by atoms with Crippen molar-refractivity contribution in [2.24, 2.45) is 0 Å². The fourth-order valence-corrected chi connectivity index (χ4v) is 3.17. The van der Waals surface area contributed by atoms with Crippen LogP contribution in [0.3, 0.4) is 0 Å². The average molecular weight is 276 g/mol. The van der Waals surface area contributed by atoms with E-state index in [-0.39, 0.29) is 0 Å². The first-order valence-corrected chi connectivity index (χ1v) is 7.98. The lowest BCUT2D eigenvalue weighted by molar-refractivity contribution is 0.111. The Bertz CT molecular complexity index is 408. The summed E-state index contributed by atoms with van der Waals surface area (Å²) in [5.74, 6) is 0.370. The van der Waals surface area contributed by atoms with Gasteiger partial charge >= 0.3 is 0 Å². The molecule has 0 saturated carbocycles. The molecule has 20 heavy (non-hydrogen) atoms. The van der Waals surface area contributed by atoms with Crippen molar-refractivity contribution in [1.82, 2.24) is 10.2 Å². The van der Waals surface area contributed by atoms with E-state index in [1.54, 1.807) is 6.07 Å². The predicted octanol–water partition coefficient (Wildman–Crippen LogP) is 3.13. The van der Waals surface area contributed by atoms with Gasteiger partial charge in [0.2, 0.25) is 0 Å². The highest BCUT2D eigenvalue weighted by Gasteiger charge is 2.26. The number of aromatic hydroxyl groups is 1. The molecule has 0 radical (unpaired) electrons. The van der Waals surface area contributed by atoms with Gasteiger partial charge < -0.3 is 10.4 Å². The summed E-state index contributed by atoms with van der Waals surface area (Å²) in [5.41, 5.74) is 1.21. The molecule has 2 rings (SSSR count). The summed E-state index contributed by atoms with van der Waals surface area (Å²) in [6.07, 6.45) is 4.94. The molecule has 1 aliphatic rings. The Morgan fingerprint density at radius 1 is 1.25 bits per heavy atom. The van der Waals surface area contributed by atoms with E-state index in [1.165, 1.54) is 31.2 Å². The highest BCUT2D eigenvalue weighted by Crippen LogP contribution is 2.19. The zero-order valence-electron chi connectivity index (χ0n) is 12.8. The van der Waals surface area contributed by atoms with Gasteiger partial charge in [0, 0.05) is 31.7 Å². The van der Waals surface area contributed by atoms with Crippen LogP contribution in [-0.2, 0) is 6.54 Å². The Hall–Kier alpha value is -1.06. The van der Waals surface area contributed by atoms with Crippen LogP contribution in [0.2, 0.25) is 0 Å². The molecule has 1 saturated heterocycles. The van der Waals surface area contributed by atoms with Gasteiger partial charge in [-0.1, -0.05) is 38.8 Å². The molecule has 3 nitrogen and oxygen atoms in total. The van der Waals surface area contributed by atoms with E-state index >= 15 is 0 Å². The molecule has 0 spiro atoms. The molecule has 1 heterocycles. The second-order valence-corrected chi connectivity index (χ2v) is 5.94. The van der Waals surface area contributed by atoms with Crippen LogP contribution in [0.1, 0.15) is 45.1 Å². The highest BCUT2D eigenvalue weighted by molar-refractivity contribution is 5.27. The largest absolute Gasteiger partial charge is 0.508 e. The highest BCUT2D eigenvalue weighted by atomic mass is 16.3. The fourth-order valence-electron chi connectivity index (χ4n) is 3.17. The molecular formula is C17H28N2O. The van der Waals surface area contributed by atoms with E-state index in [2.05, 4.69) is 30.1 Å². The van der Waals surface area contributed by atoms with Crippen LogP contribution in [0.4, 0.5) is 0 Å². The average Bonchev–Trinajstić information content (AvgIpc) is 2.42. The molecule has 0 amide bonds. The molecule has 1 aromatic carbocycles. The fraction of sp³-hybridized carbons (Fsp3) is 0.647. The number of phenolic OH excluding ortho intramolecular Hbond substituents is 1. The molecular weight excluding hydrogens is 248 g/mol. The molecule has 2 atom stereocenters. The van der Waals surface area contributed by atoms with Crippen LogP contribution in [-0.4, -0.2) is 35.2 Å². The van der Waals surface area contributed by atoms with Gasteiger partial charge in [0.15, 0.2) is 0 Å².